The van der Waals surface area contributed by atoms with Gasteiger partial charge in [0.1, 0.15) is 5.82 Å². The molecule has 6 heteroatoms. The third-order valence-electron chi connectivity index (χ3n) is 4.96. The second-order valence-electron chi connectivity index (χ2n) is 6.68. The molecule has 25 heavy (non-hydrogen) atoms. The lowest BCUT2D eigenvalue weighted by molar-refractivity contribution is -0.00401. The number of rotatable bonds is 2. The number of H-pyrrole nitrogens is 1. The number of ether oxygens (including phenoxy) is 1. The van der Waals surface area contributed by atoms with Crippen molar-refractivity contribution >= 4 is 5.91 Å². The van der Waals surface area contributed by atoms with Gasteiger partial charge in [0, 0.05) is 18.2 Å². The number of benzene rings is 1. The van der Waals surface area contributed by atoms with Gasteiger partial charge in [-0.05, 0) is 49.4 Å². The molecule has 130 valence electrons. The number of aryl methyl sites for hydroxylation is 3. The Balaban J connectivity index is 1.66. The predicted molar refractivity (Wildman–Crippen MR) is 92.7 cm³/mol. The first kappa shape index (κ1) is 16.0. The lowest BCUT2D eigenvalue weighted by Gasteiger charge is -2.35. The largest absolute Gasteiger partial charge is 0.377 e. The normalized spacial score (nSPS) is 19.7. The number of aromatic nitrogens is 2. The predicted octanol–water partition coefficient (Wildman–Crippen LogP) is 1.78. The molecule has 1 fully saturated rings. The molecule has 1 amide bonds. The Bertz CT molecular complexity index is 874. The van der Waals surface area contributed by atoms with Crippen LogP contribution in [0, 0.1) is 6.92 Å². The summed E-state index contributed by atoms with van der Waals surface area (Å²) in [7, 11) is 0. The van der Waals surface area contributed by atoms with Crippen molar-refractivity contribution in [3.05, 3.63) is 62.8 Å². The van der Waals surface area contributed by atoms with Gasteiger partial charge in [-0.1, -0.05) is 6.07 Å². The fraction of sp³-hybridized carbons (Fsp3) is 0.421. The Hall–Kier alpha value is -2.47. The van der Waals surface area contributed by atoms with E-state index in [4.69, 9.17) is 4.74 Å². The number of nitrogens with zero attached hydrogens (tertiary/aromatic N) is 2. The van der Waals surface area contributed by atoms with Crippen molar-refractivity contribution in [3.8, 4) is 0 Å². The van der Waals surface area contributed by atoms with Gasteiger partial charge in [0.05, 0.1) is 24.9 Å². The first-order valence-corrected chi connectivity index (χ1v) is 8.70. The molecule has 4 rings (SSSR count). The molecular formula is C19H21N3O3. The molecule has 1 aliphatic carbocycles. The first-order chi connectivity index (χ1) is 12.1. The second-order valence-corrected chi connectivity index (χ2v) is 6.68. The third-order valence-corrected chi connectivity index (χ3v) is 4.96. The second kappa shape index (κ2) is 6.44. The summed E-state index contributed by atoms with van der Waals surface area (Å²) in [5.41, 5.74) is 3.70. The minimum Gasteiger partial charge on any atom is -0.377 e. The Morgan fingerprint density at radius 3 is 2.96 bits per heavy atom. The smallest absolute Gasteiger partial charge is 0.254 e. The summed E-state index contributed by atoms with van der Waals surface area (Å²) in [5, 5.41) is 0. The number of carbonyl (C=O) groups excluding carboxylic acids is 1. The summed E-state index contributed by atoms with van der Waals surface area (Å²) in [6.45, 7) is 3.08. The van der Waals surface area contributed by atoms with Crippen molar-refractivity contribution < 1.29 is 9.53 Å². The Morgan fingerprint density at radius 1 is 1.28 bits per heavy atom. The molecular weight excluding hydrogens is 318 g/mol. The molecule has 2 aromatic rings. The van der Waals surface area contributed by atoms with Crippen molar-refractivity contribution in [2.45, 2.75) is 32.2 Å². The maximum Gasteiger partial charge on any atom is 0.254 e. The molecule has 1 atom stereocenters. The highest BCUT2D eigenvalue weighted by Crippen LogP contribution is 2.27. The monoisotopic (exact) mass is 339 g/mol. The lowest BCUT2D eigenvalue weighted by atomic mass is 10.0. The first-order valence-electron chi connectivity index (χ1n) is 8.70. The third kappa shape index (κ3) is 3.09. The summed E-state index contributed by atoms with van der Waals surface area (Å²) in [5.74, 6) is 0.515. The van der Waals surface area contributed by atoms with Crippen LogP contribution in [0.25, 0.3) is 0 Å². The van der Waals surface area contributed by atoms with Crippen LogP contribution in [0.3, 0.4) is 0 Å². The average Bonchev–Trinajstić information content (AvgIpc) is 3.08. The zero-order valence-corrected chi connectivity index (χ0v) is 14.2. The fourth-order valence-corrected chi connectivity index (χ4v) is 3.74. The van der Waals surface area contributed by atoms with Crippen molar-refractivity contribution in [2.24, 2.45) is 0 Å². The molecule has 2 aliphatic rings. The summed E-state index contributed by atoms with van der Waals surface area (Å²) in [4.78, 5) is 33.7. The van der Waals surface area contributed by atoms with E-state index in [1.54, 1.807) is 11.8 Å². The molecule has 1 N–H and O–H groups in total. The summed E-state index contributed by atoms with van der Waals surface area (Å²) >= 11 is 0. The van der Waals surface area contributed by atoms with Gasteiger partial charge in [-0.15, -0.1) is 0 Å². The van der Waals surface area contributed by atoms with Crippen LogP contribution in [-0.4, -0.2) is 40.5 Å². The number of morpholine rings is 1. The molecule has 0 radical (unpaired) electrons. The molecule has 0 spiro atoms. The van der Waals surface area contributed by atoms with Gasteiger partial charge in [0.15, 0.2) is 0 Å². The van der Waals surface area contributed by atoms with Crippen LogP contribution in [0.2, 0.25) is 0 Å². The fourth-order valence-electron chi connectivity index (χ4n) is 3.74. The molecule has 1 saturated heterocycles. The van der Waals surface area contributed by atoms with Gasteiger partial charge in [0.25, 0.3) is 11.5 Å². The van der Waals surface area contributed by atoms with E-state index in [2.05, 4.69) is 16.0 Å². The highest BCUT2D eigenvalue weighted by atomic mass is 16.5. The van der Waals surface area contributed by atoms with Crippen LogP contribution in [0.1, 0.15) is 45.5 Å². The van der Waals surface area contributed by atoms with Gasteiger partial charge < -0.3 is 14.6 Å². The number of nitrogens with one attached hydrogen (secondary N) is 1. The van der Waals surface area contributed by atoms with Crippen LogP contribution in [-0.2, 0) is 17.6 Å². The zero-order chi connectivity index (χ0) is 17.4. The summed E-state index contributed by atoms with van der Waals surface area (Å²) < 4.78 is 5.56. The Morgan fingerprint density at radius 2 is 2.12 bits per heavy atom. The van der Waals surface area contributed by atoms with E-state index < -0.39 is 0 Å². The topological polar surface area (TPSA) is 75.3 Å². The van der Waals surface area contributed by atoms with Crippen molar-refractivity contribution in [1.29, 1.82) is 0 Å². The van der Waals surface area contributed by atoms with Gasteiger partial charge in [-0.2, -0.15) is 0 Å². The SMILES string of the molecule is Cc1nc([C@H]2COCCN2C(=O)c2ccc3c(c2)CCC3)cc(=O)[nH]1. The van der Waals surface area contributed by atoms with Gasteiger partial charge in [-0.3, -0.25) is 9.59 Å². The Labute approximate surface area is 145 Å². The van der Waals surface area contributed by atoms with Gasteiger partial charge in [0.2, 0.25) is 0 Å². The molecule has 1 aromatic heterocycles. The molecule has 0 unspecified atom stereocenters. The lowest BCUT2D eigenvalue weighted by Crippen LogP contribution is -2.44. The van der Waals surface area contributed by atoms with Crippen molar-refractivity contribution in [2.75, 3.05) is 19.8 Å². The van der Waals surface area contributed by atoms with Crippen molar-refractivity contribution in [3.63, 3.8) is 0 Å². The maximum absolute atomic E-state index is 13.1. The van der Waals surface area contributed by atoms with Crippen LogP contribution in [0.15, 0.2) is 29.1 Å². The highest BCUT2D eigenvalue weighted by molar-refractivity contribution is 5.95. The molecule has 6 nitrogen and oxygen atoms in total. The van der Waals surface area contributed by atoms with Crippen LogP contribution in [0.5, 0.6) is 0 Å². The van der Waals surface area contributed by atoms with E-state index in [1.807, 2.05) is 12.1 Å². The van der Waals surface area contributed by atoms with Crippen LogP contribution >= 0.6 is 0 Å². The minimum absolute atomic E-state index is 0.0252. The average molecular weight is 339 g/mol. The quantitative estimate of drug-likeness (QED) is 0.905. The highest BCUT2D eigenvalue weighted by Gasteiger charge is 2.31. The number of hydrogen-bond donors (Lipinski definition) is 1. The minimum atomic E-state index is -0.337. The number of carbonyl (C=O) groups is 1. The summed E-state index contributed by atoms with van der Waals surface area (Å²) in [6, 6.07) is 7.12. The van der Waals surface area contributed by atoms with Crippen LogP contribution < -0.4 is 5.56 Å². The van der Waals surface area contributed by atoms with E-state index in [1.165, 1.54) is 17.2 Å². The standard InChI is InChI=1S/C19H21N3O3/c1-12-20-16(10-18(23)21-12)17-11-25-8-7-22(17)19(24)15-6-5-13-3-2-4-14(13)9-15/h5-6,9-10,17H,2-4,7-8,11H2,1H3,(H,20,21,23)/t17-/m1/s1. The number of amides is 1. The maximum atomic E-state index is 13.1. The summed E-state index contributed by atoms with van der Waals surface area (Å²) in [6.07, 6.45) is 3.29. The van der Waals surface area contributed by atoms with E-state index >= 15 is 0 Å². The Kier molecular flexibility index (Phi) is 4.13. The molecule has 2 heterocycles. The van der Waals surface area contributed by atoms with Gasteiger partial charge >= 0.3 is 0 Å². The zero-order valence-electron chi connectivity index (χ0n) is 14.2. The van der Waals surface area contributed by atoms with Crippen LogP contribution in [0.4, 0.5) is 0 Å². The molecule has 1 aliphatic heterocycles. The number of aromatic amines is 1. The number of fused-ring (bicyclic) bond motifs is 1. The number of hydrogen-bond acceptors (Lipinski definition) is 4. The molecule has 0 bridgehead atoms. The van der Waals surface area contributed by atoms with E-state index in [-0.39, 0.29) is 17.5 Å². The molecule has 1 aromatic carbocycles. The van der Waals surface area contributed by atoms with Gasteiger partial charge in [-0.25, -0.2) is 4.98 Å². The van der Waals surface area contributed by atoms with E-state index in [0.717, 1.165) is 19.3 Å². The van der Waals surface area contributed by atoms with Crippen molar-refractivity contribution in [1.82, 2.24) is 14.9 Å². The molecule has 0 saturated carbocycles. The van der Waals surface area contributed by atoms with E-state index in [0.29, 0.717) is 36.8 Å². The van der Waals surface area contributed by atoms with E-state index in [9.17, 15) is 9.59 Å².